The summed E-state index contributed by atoms with van der Waals surface area (Å²) in [6, 6.07) is 20.7. The average Bonchev–Trinajstić information content (AvgIpc) is 3.22. The number of hydrogen-bond acceptors (Lipinski definition) is 6. The first kappa shape index (κ1) is 24.1. The van der Waals surface area contributed by atoms with Gasteiger partial charge in [0.25, 0.3) is 0 Å². The molecular formula is C29H28N2O4S. The highest BCUT2D eigenvalue weighted by Gasteiger charge is 2.49. The number of amidine groups is 1. The number of amides is 1. The van der Waals surface area contributed by atoms with Crippen LogP contribution in [0.3, 0.4) is 0 Å². The Hall–Kier alpha value is -3.58. The number of carbonyl (C=O) groups is 2. The topological polar surface area (TPSA) is 68.2 Å². The van der Waals surface area contributed by atoms with E-state index in [1.807, 2.05) is 66.7 Å². The van der Waals surface area contributed by atoms with Gasteiger partial charge in [-0.3, -0.25) is 9.69 Å². The van der Waals surface area contributed by atoms with E-state index >= 15 is 0 Å². The zero-order chi connectivity index (χ0) is 25.2. The van der Waals surface area contributed by atoms with Crippen LogP contribution >= 0.6 is 11.8 Å². The largest absolute Gasteiger partial charge is 0.496 e. The summed E-state index contributed by atoms with van der Waals surface area (Å²) in [5.74, 6) is 0.0660. The van der Waals surface area contributed by atoms with E-state index < -0.39 is 12.0 Å². The smallest absolute Gasteiger partial charge is 0.338 e. The van der Waals surface area contributed by atoms with E-state index in [0.29, 0.717) is 22.2 Å². The van der Waals surface area contributed by atoms with Gasteiger partial charge in [0.05, 0.1) is 30.2 Å². The minimum Gasteiger partial charge on any atom is -0.496 e. The monoisotopic (exact) mass is 500 g/mol. The van der Waals surface area contributed by atoms with Crippen LogP contribution in [0.5, 0.6) is 5.75 Å². The molecule has 0 aromatic heterocycles. The number of esters is 1. The summed E-state index contributed by atoms with van der Waals surface area (Å²) in [5, 5.41) is 2.25. The van der Waals surface area contributed by atoms with Crippen molar-refractivity contribution < 1.29 is 19.1 Å². The highest BCUT2D eigenvalue weighted by molar-refractivity contribution is 8.15. The van der Waals surface area contributed by atoms with Crippen molar-refractivity contribution in [2.75, 3.05) is 13.7 Å². The molecule has 6 nitrogen and oxygen atoms in total. The molecule has 0 radical (unpaired) electrons. The number of fused-ring (bicyclic) bond motifs is 2. The van der Waals surface area contributed by atoms with Gasteiger partial charge in [0, 0.05) is 11.1 Å². The molecule has 0 spiro atoms. The molecule has 0 unspecified atom stereocenters. The Morgan fingerprint density at radius 1 is 1.03 bits per heavy atom. The molecule has 5 rings (SSSR count). The molecule has 184 valence electrons. The van der Waals surface area contributed by atoms with Crippen molar-refractivity contribution in [3.05, 3.63) is 83.4 Å². The van der Waals surface area contributed by atoms with Crippen molar-refractivity contribution in [1.82, 2.24) is 4.90 Å². The van der Waals surface area contributed by atoms with Gasteiger partial charge in [0.2, 0.25) is 5.91 Å². The summed E-state index contributed by atoms with van der Waals surface area (Å²) in [7, 11) is 1.61. The van der Waals surface area contributed by atoms with Crippen LogP contribution in [0.4, 0.5) is 0 Å². The number of benzene rings is 3. The molecule has 2 aliphatic rings. The van der Waals surface area contributed by atoms with Crippen LogP contribution in [0.15, 0.2) is 77.3 Å². The Balaban J connectivity index is 1.85. The van der Waals surface area contributed by atoms with E-state index in [1.165, 1.54) is 11.8 Å². The van der Waals surface area contributed by atoms with Crippen LogP contribution in [-0.2, 0) is 14.3 Å². The normalized spacial score (nSPS) is 19.4. The second-order valence-corrected chi connectivity index (χ2v) is 9.82. The maximum absolute atomic E-state index is 13.8. The molecular weight excluding hydrogens is 472 g/mol. The number of carbonyl (C=O) groups excluding carboxylic acids is 2. The molecule has 0 aliphatic carbocycles. The van der Waals surface area contributed by atoms with Crippen molar-refractivity contribution in [2.45, 2.75) is 38.0 Å². The van der Waals surface area contributed by atoms with E-state index in [4.69, 9.17) is 14.5 Å². The second-order valence-electron chi connectivity index (χ2n) is 8.65. The minimum absolute atomic E-state index is 0.0468. The molecule has 36 heavy (non-hydrogen) atoms. The summed E-state index contributed by atoms with van der Waals surface area (Å²) in [5.41, 5.74) is 2.42. The van der Waals surface area contributed by atoms with Crippen LogP contribution in [0, 0.1) is 0 Å². The van der Waals surface area contributed by atoms with Crippen LogP contribution in [0.2, 0.25) is 0 Å². The maximum atomic E-state index is 13.8. The number of methoxy groups -OCH3 is 1. The summed E-state index contributed by atoms with van der Waals surface area (Å²) < 4.78 is 11.4. The van der Waals surface area contributed by atoms with Crippen molar-refractivity contribution in [3.8, 4) is 5.75 Å². The molecule has 7 heteroatoms. The summed E-state index contributed by atoms with van der Waals surface area (Å²) in [6.07, 6.45) is 1.60. The standard InChI is InChI=1S/C29H28N2O4S/c1-4-11-22-27(32)31-26(23-20-15-10-9-12-18(20)16-17-21(23)34-3)24(28(33)35-5-2)25(30-29(31)36-22)19-13-7-6-8-14-19/h6-10,12-17,22,26H,4-5,11H2,1-3H3/t22-,26+/m0/s1. The molecule has 0 bridgehead atoms. The Morgan fingerprint density at radius 2 is 1.78 bits per heavy atom. The van der Waals surface area contributed by atoms with Gasteiger partial charge in [-0.1, -0.05) is 85.8 Å². The Bertz CT molecular complexity index is 1380. The fourth-order valence-electron chi connectivity index (χ4n) is 4.90. The third-order valence-corrected chi connectivity index (χ3v) is 7.70. The summed E-state index contributed by atoms with van der Waals surface area (Å²) in [6.45, 7) is 4.05. The van der Waals surface area contributed by atoms with Crippen LogP contribution in [0.1, 0.15) is 43.9 Å². The van der Waals surface area contributed by atoms with Gasteiger partial charge in [0.15, 0.2) is 5.17 Å². The molecule has 0 saturated carbocycles. The zero-order valence-electron chi connectivity index (χ0n) is 20.6. The maximum Gasteiger partial charge on any atom is 0.338 e. The molecule has 1 fully saturated rings. The number of aliphatic imine (C=N–C) groups is 1. The molecule has 2 atom stereocenters. The number of nitrogens with zero attached hydrogens (tertiary/aromatic N) is 2. The van der Waals surface area contributed by atoms with Gasteiger partial charge in [-0.05, 0) is 30.2 Å². The van der Waals surface area contributed by atoms with Crippen molar-refractivity contribution >= 4 is 45.3 Å². The SMILES string of the molecule is CCC[C@@H]1SC2=NC(c3ccccc3)=C(C(=O)OCC)[C@@H](c3c(OC)ccc4ccccc34)N2C1=O. The lowest BCUT2D eigenvalue weighted by molar-refractivity contribution is -0.139. The molecule has 2 aliphatic heterocycles. The highest BCUT2D eigenvalue weighted by atomic mass is 32.2. The predicted octanol–water partition coefficient (Wildman–Crippen LogP) is 5.98. The molecule has 1 amide bonds. The quantitative estimate of drug-likeness (QED) is 0.374. The zero-order valence-corrected chi connectivity index (χ0v) is 21.4. The molecule has 3 aromatic carbocycles. The van der Waals surface area contributed by atoms with Gasteiger partial charge in [-0.2, -0.15) is 0 Å². The first-order valence-electron chi connectivity index (χ1n) is 12.2. The third kappa shape index (κ3) is 4.07. The van der Waals surface area contributed by atoms with E-state index in [9.17, 15) is 9.59 Å². The van der Waals surface area contributed by atoms with Crippen molar-refractivity contribution in [3.63, 3.8) is 0 Å². The number of rotatable bonds is 7. The lowest BCUT2D eigenvalue weighted by atomic mass is 9.88. The molecule has 1 saturated heterocycles. The predicted molar refractivity (Wildman–Crippen MR) is 144 cm³/mol. The molecule has 0 N–H and O–H groups in total. The lowest BCUT2D eigenvalue weighted by Crippen LogP contribution is -2.41. The molecule has 3 aromatic rings. The van der Waals surface area contributed by atoms with E-state index in [2.05, 4.69) is 6.92 Å². The first-order valence-corrected chi connectivity index (χ1v) is 13.1. The second kappa shape index (κ2) is 10.2. The fraction of sp³-hybridized carbons (Fsp3) is 0.276. The Kier molecular flexibility index (Phi) is 6.83. The van der Waals surface area contributed by atoms with Crippen LogP contribution in [0.25, 0.3) is 16.5 Å². The number of ether oxygens (including phenoxy) is 2. The lowest BCUT2D eigenvalue weighted by Gasteiger charge is -2.35. The average molecular weight is 501 g/mol. The Morgan fingerprint density at radius 3 is 2.50 bits per heavy atom. The van der Waals surface area contributed by atoms with Crippen molar-refractivity contribution in [2.24, 2.45) is 4.99 Å². The van der Waals surface area contributed by atoms with Gasteiger partial charge in [-0.15, -0.1) is 0 Å². The van der Waals surface area contributed by atoms with Gasteiger partial charge < -0.3 is 9.47 Å². The third-order valence-electron chi connectivity index (χ3n) is 6.48. The Labute approximate surface area is 215 Å². The van der Waals surface area contributed by atoms with Gasteiger partial charge >= 0.3 is 5.97 Å². The number of hydrogen-bond donors (Lipinski definition) is 0. The van der Waals surface area contributed by atoms with E-state index in [1.54, 1.807) is 18.9 Å². The first-order chi connectivity index (χ1) is 17.6. The highest BCUT2D eigenvalue weighted by Crippen LogP contribution is 2.50. The van der Waals surface area contributed by atoms with Crippen molar-refractivity contribution in [1.29, 1.82) is 0 Å². The molecule has 2 heterocycles. The van der Waals surface area contributed by atoms with Gasteiger partial charge in [-0.25, -0.2) is 9.79 Å². The minimum atomic E-state index is -0.741. The van der Waals surface area contributed by atoms with Crippen LogP contribution in [-0.4, -0.2) is 40.9 Å². The van der Waals surface area contributed by atoms with E-state index in [0.717, 1.165) is 34.7 Å². The number of thioether (sulfide) groups is 1. The summed E-state index contributed by atoms with van der Waals surface area (Å²) in [4.78, 5) is 34.1. The van der Waals surface area contributed by atoms with Gasteiger partial charge in [0.1, 0.15) is 11.8 Å². The fourth-order valence-corrected chi connectivity index (χ4v) is 6.18. The summed E-state index contributed by atoms with van der Waals surface area (Å²) >= 11 is 1.47. The van der Waals surface area contributed by atoms with E-state index in [-0.39, 0.29) is 17.8 Å². The van der Waals surface area contributed by atoms with Crippen LogP contribution < -0.4 is 4.74 Å².